The van der Waals surface area contributed by atoms with Crippen molar-refractivity contribution >= 4 is 52.2 Å². The predicted octanol–water partition coefficient (Wildman–Crippen LogP) is 3.59. The number of rotatable bonds is 4. The van der Waals surface area contributed by atoms with Gasteiger partial charge in [0.05, 0.1) is 35.1 Å². The van der Waals surface area contributed by atoms with Gasteiger partial charge in [0.15, 0.2) is 10.9 Å². The Balaban J connectivity index is 1.76. The molecule has 0 spiro atoms. The summed E-state index contributed by atoms with van der Waals surface area (Å²) >= 11 is 13.8. The van der Waals surface area contributed by atoms with Crippen LogP contribution in [0.5, 0.6) is 0 Å². The second kappa shape index (κ2) is 8.23. The highest BCUT2D eigenvalue weighted by Crippen LogP contribution is 2.30. The minimum atomic E-state index is -0.405. The van der Waals surface area contributed by atoms with E-state index in [1.54, 1.807) is 12.1 Å². The Bertz CT molecular complexity index is 785. The van der Waals surface area contributed by atoms with Crippen molar-refractivity contribution in [1.29, 1.82) is 0 Å². The van der Waals surface area contributed by atoms with Crippen molar-refractivity contribution in [2.24, 2.45) is 0 Å². The van der Waals surface area contributed by atoms with Gasteiger partial charge < -0.3 is 15.0 Å². The van der Waals surface area contributed by atoms with Crippen LogP contribution in [0, 0.1) is 0 Å². The van der Waals surface area contributed by atoms with E-state index in [0.29, 0.717) is 29.1 Å². The normalized spacial score (nSPS) is 14.4. The van der Waals surface area contributed by atoms with E-state index in [9.17, 15) is 4.79 Å². The summed E-state index contributed by atoms with van der Waals surface area (Å²) in [6.45, 7) is 2.94. The van der Waals surface area contributed by atoms with Crippen LogP contribution in [0.2, 0.25) is 10.0 Å². The van der Waals surface area contributed by atoms with Crippen molar-refractivity contribution in [3.05, 3.63) is 40.1 Å². The Morgan fingerprint density at radius 3 is 2.72 bits per heavy atom. The number of hydrogen-bond acceptors (Lipinski definition) is 6. The first-order valence-electron chi connectivity index (χ1n) is 7.58. The van der Waals surface area contributed by atoms with Gasteiger partial charge in [-0.25, -0.2) is 9.97 Å². The average molecular weight is 399 g/mol. The Morgan fingerprint density at radius 2 is 2.04 bits per heavy atom. The molecule has 2 aromatic rings. The molecule has 0 radical (unpaired) electrons. The number of carbonyl (C=O) groups excluding carboxylic acids is 1. The number of morpholine rings is 1. The maximum absolute atomic E-state index is 12.4. The molecule has 3 rings (SSSR count). The van der Waals surface area contributed by atoms with Gasteiger partial charge in [-0.3, -0.25) is 4.79 Å². The summed E-state index contributed by atoms with van der Waals surface area (Å²) in [5.74, 6) is -0.405. The fourth-order valence-electron chi connectivity index (χ4n) is 2.44. The van der Waals surface area contributed by atoms with Crippen molar-refractivity contribution in [1.82, 2.24) is 9.97 Å². The molecule has 1 aromatic heterocycles. The van der Waals surface area contributed by atoms with Gasteiger partial charge in [0, 0.05) is 18.8 Å². The third-order valence-electron chi connectivity index (χ3n) is 3.68. The summed E-state index contributed by atoms with van der Waals surface area (Å²) in [5.41, 5.74) is 1.63. The highest BCUT2D eigenvalue weighted by molar-refractivity contribution is 7.98. The van der Waals surface area contributed by atoms with Crippen molar-refractivity contribution in [2.75, 3.05) is 42.8 Å². The number of halogens is 2. The third kappa shape index (κ3) is 4.36. The number of benzene rings is 1. The highest BCUT2D eigenvalue weighted by Gasteiger charge is 2.17. The second-order valence-electron chi connectivity index (χ2n) is 5.27. The van der Waals surface area contributed by atoms with Crippen LogP contribution < -0.4 is 10.2 Å². The largest absolute Gasteiger partial charge is 0.378 e. The summed E-state index contributed by atoms with van der Waals surface area (Å²) in [7, 11) is 0. The van der Waals surface area contributed by atoms with Gasteiger partial charge >= 0.3 is 0 Å². The minimum Gasteiger partial charge on any atom is -0.378 e. The fourth-order valence-corrected chi connectivity index (χ4v) is 3.26. The van der Waals surface area contributed by atoms with Crippen LogP contribution in [0.15, 0.2) is 29.6 Å². The number of anilines is 2. The van der Waals surface area contributed by atoms with Crippen LogP contribution in [0.25, 0.3) is 0 Å². The number of ether oxygens (including phenoxy) is 1. The number of amides is 1. The fraction of sp³-hybridized carbons (Fsp3) is 0.312. The van der Waals surface area contributed by atoms with Crippen LogP contribution in [0.4, 0.5) is 11.4 Å². The van der Waals surface area contributed by atoms with E-state index in [1.807, 2.05) is 12.3 Å². The molecule has 1 fully saturated rings. The molecule has 1 saturated heterocycles. The zero-order valence-electron chi connectivity index (χ0n) is 13.5. The van der Waals surface area contributed by atoms with Gasteiger partial charge in [0.25, 0.3) is 5.91 Å². The first-order valence-corrected chi connectivity index (χ1v) is 9.56. The van der Waals surface area contributed by atoms with Crippen molar-refractivity contribution < 1.29 is 9.53 Å². The SMILES string of the molecule is CSc1ncc(Cl)c(C(=O)Nc2ccc(N3CCOCC3)c(Cl)c2)n1. The molecule has 1 aliphatic heterocycles. The number of thioether (sulfide) groups is 1. The smallest absolute Gasteiger partial charge is 0.275 e. The van der Waals surface area contributed by atoms with Crippen LogP contribution in [0.3, 0.4) is 0 Å². The quantitative estimate of drug-likeness (QED) is 0.626. The topological polar surface area (TPSA) is 67.4 Å². The molecule has 0 bridgehead atoms. The molecule has 0 unspecified atom stereocenters. The van der Waals surface area contributed by atoms with E-state index in [-0.39, 0.29) is 10.7 Å². The molecule has 9 heteroatoms. The Morgan fingerprint density at radius 1 is 1.28 bits per heavy atom. The number of hydrogen-bond donors (Lipinski definition) is 1. The van der Waals surface area contributed by atoms with E-state index >= 15 is 0 Å². The zero-order chi connectivity index (χ0) is 17.8. The molecule has 1 aliphatic rings. The van der Waals surface area contributed by atoms with Crippen LogP contribution >= 0.6 is 35.0 Å². The summed E-state index contributed by atoms with van der Waals surface area (Å²) in [6.07, 6.45) is 3.25. The minimum absolute atomic E-state index is 0.134. The molecular formula is C16H16Cl2N4O2S. The van der Waals surface area contributed by atoms with Crippen molar-refractivity contribution in [3.63, 3.8) is 0 Å². The summed E-state index contributed by atoms with van der Waals surface area (Å²) in [6, 6.07) is 5.41. The standard InChI is InChI=1S/C16H16Cl2N4O2S/c1-25-16-19-9-12(18)14(21-16)15(23)20-10-2-3-13(11(17)8-10)22-4-6-24-7-5-22/h2-3,8-9H,4-7H2,1H3,(H,20,23). The number of aromatic nitrogens is 2. The Kier molecular flexibility index (Phi) is 6.01. The number of nitrogens with one attached hydrogen (secondary N) is 1. The Labute approximate surface area is 159 Å². The second-order valence-corrected chi connectivity index (χ2v) is 6.86. The molecule has 0 saturated carbocycles. The van der Waals surface area contributed by atoms with E-state index in [0.717, 1.165) is 18.8 Å². The molecule has 132 valence electrons. The number of carbonyl (C=O) groups is 1. The van der Waals surface area contributed by atoms with E-state index in [4.69, 9.17) is 27.9 Å². The lowest BCUT2D eigenvalue weighted by molar-refractivity contribution is 0.102. The van der Waals surface area contributed by atoms with Gasteiger partial charge in [0.2, 0.25) is 0 Å². The van der Waals surface area contributed by atoms with Crippen molar-refractivity contribution in [3.8, 4) is 0 Å². The van der Waals surface area contributed by atoms with Gasteiger partial charge in [-0.1, -0.05) is 35.0 Å². The maximum atomic E-state index is 12.4. The molecule has 0 atom stereocenters. The van der Waals surface area contributed by atoms with Gasteiger partial charge in [-0.05, 0) is 24.5 Å². The molecule has 25 heavy (non-hydrogen) atoms. The lowest BCUT2D eigenvalue weighted by Gasteiger charge is -2.29. The van der Waals surface area contributed by atoms with Crippen molar-refractivity contribution in [2.45, 2.75) is 5.16 Å². The lowest BCUT2D eigenvalue weighted by atomic mass is 10.2. The first-order chi connectivity index (χ1) is 12.1. The van der Waals surface area contributed by atoms with Gasteiger partial charge in [-0.15, -0.1) is 0 Å². The number of nitrogens with zero attached hydrogens (tertiary/aromatic N) is 3. The monoisotopic (exact) mass is 398 g/mol. The van der Waals surface area contributed by atoms with E-state index in [1.165, 1.54) is 18.0 Å². The maximum Gasteiger partial charge on any atom is 0.275 e. The first kappa shape index (κ1) is 18.3. The van der Waals surface area contributed by atoms with Crippen LogP contribution in [0.1, 0.15) is 10.5 Å². The lowest BCUT2D eigenvalue weighted by Crippen LogP contribution is -2.36. The average Bonchev–Trinajstić information content (AvgIpc) is 2.63. The molecule has 6 nitrogen and oxygen atoms in total. The Hall–Kier alpha value is -1.54. The molecule has 1 N–H and O–H groups in total. The summed E-state index contributed by atoms with van der Waals surface area (Å²) < 4.78 is 5.35. The zero-order valence-corrected chi connectivity index (χ0v) is 15.8. The summed E-state index contributed by atoms with van der Waals surface area (Å²) in [5, 5.41) is 4.02. The molecule has 0 aliphatic carbocycles. The van der Waals surface area contributed by atoms with E-state index < -0.39 is 5.91 Å². The molecule has 2 heterocycles. The highest BCUT2D eigenvalue weighted by atomic mass is 35.5. The van der Waals surface area contributed by atoms with E-state index in [2.05, 4.69) is 20.2 Å². The molecule has 1 amide bonds. The van der Waals surface area contributed by atoms with Gasteiger partial charge in [-0.2, -0.15) is 0 Å². The van der Waals surface area contributed by atoms with Gasteiger partial charge in [0.1, 0.15) is 0 Å². The summed E-state index contributed by atoms with van der Waals surface area (Å²) in [4.78, 5) is 22.8. The third-order valence-corrected chi connectivity index (χ3v) is 4.82. The molecular weight excluding hydrogens is 383 g/mol. The predicted molar refractivity (Wildman–Crippen MR) is 101 cm³/mol. The molecule has 1 aromatic carbocycles. The van der Waals surface area contributed by atoms with Crippen LogP contribution in [-0.2, 0) is 4.74 Å². The van der Waals surface area contributed by atoms with Crippen LogP contribution in [-0.4, -0.2) is 48.4 Å².